The normalized spacial score (nSPS) is 28.8. The van der Waals surface area contributed by atoms with E-state index in [4.69, 9.17) is 23.7 Å². The second kappa shape index (κ2) is 26.6. The summed E-state index contributed by atoms with van der Waals surface area (Å²) in [4.78, 5) is 61.5. The Morgan fingerprint density at radius 2 is 1.43 bits per heavy atom. The number of hydrogen-bond donors (Lipinski definition) is 3. The van der Waals surface area contributed by atoms with Gasteiger partial charge in [-0.25, -0.2) is 0 Å². The van der Waals surface area contributed by atoms with Gasteiger partial charge >= 0.3 is 29.8 Å². The van der Waals surface area contributed by atoms with Gasteiger partial charge in [0, 0.05) is 59.3 Å². The Balaban J connectivity index is 3.43. The number of carbonyl (C=O) groups excluding carboxylic acids is 5. The van der Waals surface area contributed by atoms with Gasteiger partial charge in [0.2, 0.25) is 0 Å². The highest BCUT2D eigenvalue weighted by Crippen LogP contribution is 2.28. The lowest BCUT2D eigenvalue weighted by Crippen LogP contribution is -2.40. The Kier molecular flexibility index (Phi) is 24.1. The summed E-state index contributed by atoms with van der Waals surface area (Å²) in [6, 6.07) is 0. The molecule has 56 heavy (non-hydrogen) atoms. The van der Waals surface area contributed by atoms with Gasteiger partial charge in [0.15, 0.2) is 0 Å². The Labute approximate surface area is 334 Å². The molecular weight excluding hydrogens is 724 g/mol. The number of carbonyl (C=O) groups is 5. The fraction of sp³-hybridized carbons (Fsp3) is 0.791. The number of rotatable bonds is 11. The zero-order chi connectivity index (χ0) is 42.5. The summed E-state index contributed by atoms with van der Waals surface area (Å²) in [5.74, 6) is -4.62. The Hall–Kier alpha value is -3.29. The van der Waals surface area contributed by atoms with Gasteiger partial charge in [0.25, 0.3) is 0 Å². The van der Waals surface area contributed by atoms with Gasteiger partial charge in [-0.15, -0.1) is 0 Å². The summed E-state index contributed by atoms with van der Waals surface area (Å²) in [5, 5.41) is 33.8. The largest absolute Gasteiger partial charge is 0.462 e. The van der Waals surface area contributed by atoms with Crippen LogP contribution in [0.3, 0.4) is 0 Å². The average Bonchev–Trinajstić information content (AvgIpc) is 3.08. The number of aliphatic hydroxyl groups excluding tert-OH is 3. The lowest BCUT2D eigenvalue weighted by Gasteiger charge is -2.32. The van der Waals surface area contributed by atoms with Gasteiger partial charge in [0.1, 0.15) is 30.5 Å². The molecule has 13 nitrogen and oxygen atoms in total. The van der Waals surface area contributed by atoms with Crippen molar-refractivity contribution in [2.45, 2.75) is 202 Å². The summed E-state index contributed by atoms with van der Waals surface area (Å²) in [6.45, 7) is 16.1. The van der Waals surface area contributed by atoms with Crippen LogP contribution in [0.4, 0.5) is 0 Å². The Morgan fingerprint density at radius 1 is 0.857 bits per heavy atom. The van der Waals surface area contributed by atoms with Crippen molar-refractivity contribution < 1.29 is 63.0 Å². The van der Waals surface area contributed by atoms with E-state index in [1.807, 2.05) is 20.8 Å². The number of hydrogen-bond acceptors (Lipinski definition) is 13. The van der Waals surface area contributed by atoms with Crippen LogP contribution in [0.1, 0.15) is 153 Å². The topological polar surface area (TPSA) is 192 Å². The summed E-state index contributed by atoms with van der Waals surface area (Å²) in [6.07, 6.45) is 3.27. The summed E-state index contributed by atoms with van der Waals surface area (Å²) in [5.41, 5.74) is 1.86. The molecule has 0 spiro atoms. The van der Waals surface area contributed by atoms with Crippen LogP contribution in [0.25, 0.3) is 0 Å². The van der Waals surface area contributed by atoms with Crippen molar-refractivity contribution in [2.24, 2.45) is 17.8 Å². The van der Waals surface area contributed by atoms with Gasteiger partial charge < -0.3 is 39.0 Å². The molecule has 0 aromatic rings. The van der Waals surface area contributed by atoms with Crippen LogP contribution < -0.4 is 0 Å². The second-order valence-electron chi connectivity index (χ2n) is 16.0. The lowest BCUT2D eigenvalue weighted by molar-refractivity contribution is -0.164. The minimum Gasteiger partial charge on any atom is -0.462 e. The highest BCUT2D eigenvalue weighted by molar-refractivity contribution is 5.73. The molecule has 0 aromatic heterocycles. The summed E-state index contributed by atoms with van der Waals surface area (Å²) < 4.78 is 28.3. The first kappa shape index (κ1) is 50.7. The van der Waals surface area contributed by atoms with Crippen molar-refractivity contribution in [1.82, 2.24) is 0 Å². The number of aliphatic hydroxyl groups is 3. The molecule has 0 radical (unpaired) electrons. The van der Waals surface area contributed by atoms with Gasteiger partial charge in [-0.1, -0.05) is 50.5 Å². The van der Waals surface area contributed by atoms with Gasteiger partial charge in [0.05, 0.1) is 24.2 Å². The van der Waals surface area contributed by atoms with Gasteiger partial charge in [-0.2, -0.15) is 0 Å². The van der Waals surface area contributed by atoms with E-state index in [2.05, 4.69) is 6.08 Å². The number of cyclic esters (lactones) is 1. The fourth-order valence-electron chi connectivity index (χ4n) is 7.24. The highest BCUT2D eigenvalue weighted by Gasteiger charge is 2.35. The predicted molar refractivity (Wildman–Crippen MR) is 211 cm³/mol. The third-order valence-electron chi connectivity index (χ3n) is 10.4. The van der Waals surface area contributed by atoms with Gasteiger partial charge in [-0.3, -0.25) is 24.0 Å². The third-order valence-corrected chi connectivity index (χ3v) is 10.4. The second-order valence-corrected chi connectivity index (χ2v) is 16.0. The van der Waals surface area contributed by atoms with E-state index in [9.17, 15) is 39.3 Å². The van der Waals surface area contributed by atoms with Crippen molar-refractivity contribution in [3.05, 3.63) is 23.3 Å². The first-order valence-electron chi connectivity index (χ1n) is 20.5. The van der Waals surface area contributed by atoms with Crippen LogP contribution in [0, 0.1) is 17.8 Å². The van der Waals surface area contributed by atoms with E-state index in [1.54, 1.807) is 26.8 Å². The molecule has 0 bridgehead atoms. The molecule has 322 valence electrons. The molecular formula is C43H72O13. The van der Waals surface area contributed by atoms with Crippen molar-refractivity contribution >= 4 is 29.8 Å². The molecule has 1 aliphatic rings. The van der Waals surface area contributed by atoms with Crippen molar-refractivity contribution in [1.29, 1.82) is 0 Å². The van der Waals surface area contributed by atoms with E-state index in [0.717, 1.165) is 17.6 Å². The first-order valence-corrected chi connectivity index (χ1v) is 20.5. The Bertz CT molecular complexity index is 1290. The molecule has 3 N–H and O–H groups in total. The van der Waals surface area contributed by atoms with Crippen molar-refractivity contribution in [3.63, 3.8) is 0 Å². The molecule has 0 aromatic carbocycles. The maximum atomic E-state index is 13.6. The molecule has 11 atom stereocenters. The van der Waals surface area contributed by atoms with E-state index in [-0.39, 0.29) is 37.8 Å². The van der Waals surface area contributed by atoms with E-state index in [1.165, 1.54) is 27.7 Å². The SMILES string of the molecule is CCCC(CC(C)=CC(O)C(C)C1CC(O)CCCC=C(C)CCC(OC(C)=O)CC(OC(C)=O)CC(OC(C)=O)CCC(C)C(O)C(C)C(=O)O1)OC(C)=O. The molecule has 0 aliphatic carbocycles. The van der Waals surface area contributed by atoms with E-state index in [0.29, 0.717) is 51.4 Å². The van der Waals surface area contributed by atoms with Gasteiger partial charge in [-0.05, 0) is 78.1 Å². The molecule has 0 saturated carbocycles. The molecule has 0 fully saturated rings. The smallest absolute Gasteiger partial charge is 0.311 e. The first-order chi connectivity index (χ1) is 26.2. The van der Waals surface area contributed by atoms with E-state index >= 15 is 0 Å². The number of esters is 5. The molecule has 11 unspecified atom stereocenters. The minimum atomic E-state index is -1.14. The minimum absolute atomic E-state index is 0.0709. The highest BCUT2D eigenvalue weighted by atomic mass is 16.6. The molecule has 13 heteroatoms. The van der Waals surface area contributed by atoms with Crippen LogP contribution in [0.5, 0.6) is 0 Å². The maximum Gasteiger partial charge on any atom is 0.311 e. The molecule has 0 amide bonds. The van der Waals surface area contributed by atoms with Crippen molar-refractivity contribution in [2.75, 3.05) is 0 Å². The average molecular weight is 797 g/mol. The van der Waals surface area contributed by atoms with Crippen molar-refractivity contribution in [3.8, 4) is 0 Å². The van der Waals surface area contributed by atoms with Crippen LogP contribution >= 0.6 is 0 Å². The molecule has 1 aliphatic heterocycles. The number of allylic oxidation sites excluding steroid dienone is 2. The standard InChI is InChI=1S/C43H72O13/c1-11-14-36(52-31(7)44)21-27(3)22-40(49)29(5)41-23-35(48)16-13-12-15-26(2)17-19-37(53-32(8)45)24-39(55-34(10)47)25-38(54-33(9)46)20-18-28(4)42(50)30(6)43(51)56-41/h15,22,28-30,35-42,48-50H,11-14,16-21,23-25H2,1-10H3. The Morgan fingerprint density at radius 3 is 1.98 bits per heavy atom. The fourth-order valence-corrected chi connectivity index (χ4v) is 7.24. The zero-order valence-corrected chi connectivity index (χ0v) is 35.6. The maximum absolute atomic E-state index is 13.6. The van der Waals surface area contributed by atoms with Crippen LogP contribution in [0.2, 0.25) is 0 Å². The monoisotopic (exact) mass is 796 g/mol. The van der Waals surface area contributed by atoms with Crippen LogP contribution in [0.15, 0.2) is 23.3 Å². The third kappa shape index (κ3) is 21.3. The summed E-state index contributed by atoms with van der Waals surface area (Å²) in [7, 11) is 0. The quantitative estimate of drug-likeness (QED) is 0.115. The number of ether oxygens (including phenoxy) is 5. The van der Waals surface area contributed by atoms with Crippen LogP contribution in [-0.2, 0) is 47.7 Å². The molecule has 0 saturated heterocycles. The molecule has 1 heterocycles. The van der Waals surface area contributed by atoms with Crippen LogP contribution in [-0.4, -0.2) is 94.0 Å². The summed E-state index contributed by atoms with van der Waals surface area (Å²) >= 11 is 0. The molecule has 1 rings (SSSR count). The lowest BCUT2D eigenvalue weighted by atomic mass is 9.87. The zero-order valence-electron chi connectivity index (χ0n) is 35.6. The van der Waals surface area contributed by atoms with E-state index < -0.39 is 84.4 Å². The predicted octanol–water partition coefficient (Wildman–Crippen LogP) is 6.61.